The van der Waals surface area contributed by atoms with Crippen molar-refractivity contribution in [1.82, 2.24) is 9.80 Å². The summed E-state index contributed by atoms with van der Waals surface area (Å²) in [6.07, 6.45) is 1.09. The monoisotopic (exact) mass is 282 g/mol. The fourth-order valence-corrected chi connectivity index (χ4v) is 2.33. The molecule has 1 rings (SSSR count). The van der Waals surface area contributed by atoms with Crippen LogP contribution in [0.1, 0.15) is 32.8 Å². The Hall–Kier alpha value is -1.13. The molecule has 0 bridgehead atoms. The third-order valence-corrected chi connectivity index (χ3v) is 3.73. The topological polar surface area (TPSA) is 26.7 Å². The first kappa shape index (κ1) is 16.9. The highest BCUT2D eigenvalue weighted by molar-refractivity contribution is 5.32. The molecule has 1 aromatic carbocycles. The highest BCUT2D eigenvalue weighted by Crippen LogP contribution is 2.19. The molecule has 0 aromatic heterocycles. The van der Waals surface area contributed by atoms with E-state index in [-0.39, 0.29) is 11.6 Å². The van der Waals surface area contributed by atoms with Crippen LogP contribution in [-0.2, 0) is 6.54 Å². The minimum absolute atomic E-state index is 0.175. The fraction of sp³-hybridized carbons (Fsp3) is 0.625. The van der Waals surface area contributed by atoms with Crippen molar-refractivity contribution in [2.24, 2.45) is 0 Å². The molecule has 0 unspecified atom stereocenters. The normalized spacial score (nSPS) is 11.5. The lowest BCUT2D eigenvalue weighted by atomic mass is 10.1. The van der Waals surface area contributed by atoms with Crippen LogP contribution in [0.5, 0.6) is 5.75 Å². The van der Waals surface area contributed by atoms with Crippen LogP contribution in [0.4, 0.5) is 4.39 Å². The minimum Gasteiger partial charge on any atom is -0.508 e. The second-order valence-corrected chi connectivity index (χ2v) is 5.02. The number of benzene rings is 1. The first-order valence-corrected chi connectivity index (χ1v) is 7.52. The SMILES string of the molecule is CCN(CC)CCCN(CC)Cc1cc(F)ccc1O. The van der Waals surface area contributed by atoms with Gasteiger partial charge in [0.15, 0.2) is 0 Å². The molecule has 114 valence electrons. The Kier molecular flexibility index (Phi) is 7.55. The van der Waals surface area contributed by atoms with E-state index < -0.39 is 0 Å². The summed E-state index contributed by atoms with van der Waals surface area (Å²) in [4.78, 5) is 4.63. The lowest BCUT2D eigenvalue weighted by molar-refractivity contribution is 0.236. The van der Waals surface area contributed by atoms with Gasteiger partial charge in [-0.15, -0.1) is 0 Å². The number of phenolic OH excluding ortho intramolecular Hbond substituents is 1. The Bertz CT molecular complexity index is 394. The minimum atomic E-state index is -0.294. The van der Waals surface area contributed by atoms with E-state index >= 15 is 0 Å². The van der Waals surface area contributed by atoms with Gasteiger partial charge in [0.1, 0.15) is 11.6 Å². The lowest BCUT2D eigenvalue weighted by Crippen LogP contribution is -2.29. The van der Waals surface area contributed by atoms with Crippen molar-refractivity contribution in [2.75, 3.05) is 32.7 Å². The highest BCUT2D eigenvalue weighted by Gasteiger charge is 2.09. The second kappa shape index (κ2) is 8.93. The molecule has 0 heterocycles. The van der Waals surface area contributed by atoms with Gasteiger partial charge in [-0.25, -0.2) is 4.39 Å². The molecule has 1 aromatic rings. The van der Waals surface area contributed by atoms with E-state index in [0.717, 1.165) is 39.1 Å². The number of halogens is 1. The largest absolute Gasteiger partial charge is 0.508 e. The Morgan fingerprint density at radius 3 is 2.20 bits per heavy atom. The van der Waals surface area contributed by atoms with Gasteiger partial charge in [-0.05, 0) is 57.3 Å². The van der Waals surface area contributed by atoms with Crippen LogP contribution in [0, 0.1) is 5.82 Å². The number of hydrogen-bond donors (Lipinski definition) is 1. The highest BCUT2D eigenvalue weighted by atomic mass is 19.1. The summed E-state index contributed by atoms with van der Waals surface area (Å²) < 4.78 is 13.2. The van der Waals surface area contributed by atoms with Gasteiger partial charge in [-0.1, -0.05) is 20.8 Å². The van der Waals surface area contributed by atoms with Crippen molar-refractivity contribution in [1.29, 1.82) is 0 Å². The summed E-state index contributed by atoms with van der Waals surface area (Å²) >= 11 is 0. The van der Waals surface area contributed by atoms with E-state index in [1.807, 2.05) is 0 Å². The zero-order valence-electron chi connectivity index (χ0n) is 12.9. The average Bonchev–Trinajstić information content (AvgIpc) is 2.46. The molecule has 0 aliphatic rings. The summed E-state index contributed by atoms with van der Waals surface area (Å²) in [6, 6.07) is 4.13. The summed E-state index contributed by atoms with van der Waals surface area (Å²) in [6.45, 7) is 12.1. The van der Waals surface area contributed by atoms with Crippen molar-refractivity contribution < 1.29 is 9.50 Å². The summed E-state index contributed by atoms with van der Waals surface area (Å²) in [7, 11) is 0. The van der Waals surface area contributed by atoms with E-state index in [0.29, 0.717) is 12.1 Å². The van der Waals surface area contributed by atoms with Gasteiger partial charge < -0.3 is 10.0 Å². The summed E-state index contributed by atoms with van der Waals surface area (Å²) in [5, 5.41) is 9.77. The van der Waals surface area contributed by atoms with Crippen molar-refractivity contribution in [3.63, 3.8) is 0 Å². The van der Waals surface area contributed by atoms with Crippen LogP contribution in [0.25, 0.3) is 0 Å². The molecule has 4 heteroatoms. The molecular formula is C16H27FN2O. The molecule has 3 nitrogen and oxygen atoms in total. The standard InChI is InChI=1S/C16H27FN2O/c1-4-18(5-2)10-7-11-19(6-3)13-14-12-15(17)8-9-16(14)20/h8-9,12,20H,4-7,10-11,13H2,1-3H3. The molecule has 0 fully saturated rings. The van der Waals surface area contributed by atoms with Crippen LogP contribution < -0.4 is 0 Å². The van der Waals surface area contributed by atoms with Gasteiger partial charge in [-0.3, -0.25) is 4.90 Å². The van der Waals surface area contributed by atoms with Crippen LogP contribution in [0.3, 0.4) is 0 Å². The number of nitrogens with zero attached hydrogens (tertiary/aromatic N) is 2. The van der Waals surface area contributed by atoms with Gasteiger partial charge in [0.25, 0.3) is 0 Å². The molecule has 0 aliphatic heterocycles. The smallest absolute Gasteiger partial charge is 0.123 e. The zero-order chi connectivity index (χ0) is 15.0. The number of hydrogen-bond acceptors (Lipinski definition) is 3. The molecule has 0 radical (unpaired) electrons. The van der Waals surface area contributed by atoms with E-state index in [1.54, 1.807) is 0 Å². The molecule has 1 N–H and O–H groups in total. The van der Waals surface area contributed by atoms with Gasteiger partial charge in [0.05, 0.1) is 0 Å². The quantitative estimate of drug-likeness (QED) is 0.754. The molecule has 0 saturated heterocycles. The third kappa shape index (κ3) is 5.47. The molecule has 20 heavy (non-hydrogen) atoms. The van der Waals surface area contributed by atoms with E-state index in [9.17, 15) is 9.50 Å². The van der Waals surface area contributed by atoms with Crippen LogP contribution in [0.2, 0.25) is 0 Å². The number of aromatic hydroxyl groups is 1. The first-order chi connectivity index (χ1) is 9.60. The molecule has 0 amide bonds. The predicted octanol–water partition coefficient (Wildman–Crippen LogP) is 3.09. The van der Waals surface area contributed by atoms with Gasteiger partial charge in [0, 0.05) is 12.1 Å². The maximum absolute atomic E-state index is 13.2. The second-order valence-electron chi connectivity index (χ2n) is 5.02. The summed E-state index contributed by atoms with van der Waals surface area (Å²) in [5.74, 6) is -0.120. The summed E-state index contributed by atoms with van der Waals surface area (Å²) in [5.41, 5.74) is 0.662. The first-order valence-electron chi connectivity index (χ1n) is 7.52. The Labute approximate surface area is 122 Å². The Morgan fingerprint density at radius 2 is 1.60 bits per heavy atom. The van der Waals surface area contributed by atoms with E-state index in [4.69, 9.17) is 0 Å². The van der Waals surface area contributed by atoms with Gasteiger partial charge in [-0.2, -0.15) is 0 Å². The van der Waals surface area contributed by atoms with Gasteiger partial charge in [0.2, 0.25) is 0 Å². The molecule has 0 spiro atoms. The number of phenols is 1. The maximum atomic E-state index is 13.2. The fourth-order valence-electron chi connectivity index (χ4n) is 2.33. The third-order valence-electron chi connectivity index (χ3n) is 3.73. The van der Waals surface area contributed by atoms with E-state index in [2.05, 4.69) is 30.6 Å². The van der Waals surface area contributed by atoms with E-state index in [1.165, 1.54) is 18.2 Å². The zero-order valence-corrected chi connectivity index (χ0v) is 12.9. The van der Waals surface area contributed by atoms with Crippen molar-refractivity contribution in [3.05, 3.63) is 29.6 Å². The van der Waals surface area contributed by atoms with Crippen molar-refractivity contribution >= 4 is 0 Å². The Morgan fingerprint density at radius 1 is 1.00 bits per heavy atom. The lowest BCUT2D eigenvalue weighted by Gasteiger charge is -2.23. The van der Waals surface area contributed by atoms with Crippen LogP contribution in [0.15, 0.2) is 18.2 Å². The molecule has 0 saturated carbocycles. The molecule has 0 aliphatic carbocycles. The van der Waals surface area contributed by atoms with Crippen LogP contribution >= 0.6 is 0 Å². The molecule has 0 atom stereocenters. The Balaban J connectivity index is 2.48. The maximum Gasteiger partial charge on any atom is 0.123 e. The van der Waals surface area contributed by atoms with Crippen molar-refractivity contribution in [3.8, 4) is 5.75 Å². The van der Waals surface area contributed by atoms with Crippen molar-refractivity contribution in [2.45, 2.75) is 33.7 Å². The average molecular weight is 282 g/mol. The molecular weight excluding hydrogens is 255 g/mol. The van der Waals surface area contributed by atoms with Crippen LogP contribution in [-0.4, -0.2) is 47.6 Å². The predicted molar refractivity (Wildman–Crippen MR) is 81.4 cm³/mol. The van der Waals surface area contributed by atoms with Gasteiger partial charge >= 0.3 is 0 Å². The number of rotatable bonds is 9.